The smallest absolute Gasteiger partial charge is 0.261 e. The number of sulfonamides is 1. The molecule has 4 aromatic rings. The Morgan fingerprint density at radius 3 is 2.41 bits per heavy atom. The van der Waals surface area contributed by atoms with Crippen molar-refractivity contribution in [1.82, 2.24) is 14.5 Å². The molecule has 0 amide bonds. The minimum atomic E-state index is -3.66. The molecule has 5 rings (SSSR count). The standard InChI is InChI=1S/C24H22N4O3S/c29-32(30,22-12-7-18-5-1-2-6-19(18)15-22)27-20-8-10-21(11-9-20)31-24-16-23(25-17-26-24)28-13-3-4-14-28/h3-4,7-17,27H,1-2,5-6H2. The van der Waals surface area contributed by atoms with Crippen LogP contribution in [0.15, 0.2) is 84.3 Å². The van der Waals surface area contributed by atoms with Gasteiger partial charge in [0.2, 0.25) is 5.88 Å². The second kappa shape index (κ2) is 8.47. The van der Waals surface area contributed by atoms with Crippen LogP contribution >= 0.6 is 0 Å². The van der Waals surface area contributed by atoms with Crippen molar-refractivity contribution in [3.63, 3.8) is 0 Å². The molecule has 0 radical (unpaired) electrons. The zero-order valence-electron chi connectivity index (χ0n) is 17.3. The van der Waals surface area contributed by atoms with E-state index >= 15 is 0 Å². The van der Waals surface area contributed by atoms with Crippen LogP contribution in [-0.4, -0.2) is 23.0 Å². The Morgan fingerprint density at radius 2 is 1.62 bits per heavy atom. The molecule has 32 heavy (non-hydrogen) atoms. The largest absolute Gasteiger partial charge is 0.439 e. The van der Waals surface area contributed by atoms with Crippen LogP contribution in [-0.2, 0) is 22.9 Å². The van der Waals surface area contributed by atoms with E-state index in [9.17, 15) is 8.42 Å². The Kier molecular flexibility index (Phi) is 5.36. The maximum Gasteiger partial charge on any atom is 0.261 e. The van der Waals surface area contributed by atoms with Crippen LogP contribution < -0.4 is 9.46 Å². The SMILES string of the molecule is O=S(=O)(Nc1ccc(Oc2cc(-n3cccc3)ncn2)cc1)c1ccc2c(c1)CCCC2. The van der Waals surface area contributed by atoms with E-state index in [1.165, 1.54) is 11.9 Å². The molecule has 1 aliphatic rings. The first-order valence-electron chi connectivity index (χ1n) is 10.4. The van der Waals surface area contributed by atoms with Crippen LogP contribution in [0.1, 0.15) is 24.0 Å². The second-order valence-electron chi connectivity index (χ2n) is 7.67. The maximum absolute atomic E-state index is 12.9. The number of rotatable bonds is 6. The lowest BCUT2D eigenvalue weighted by atomic mass is 9.92. The Morgan fingerprint density at radius 1 is 0.875 bits per heavy atom. The van der Waals surface area contributed by atoms with E-state index in [2.05, 4.69) is 14.7 Å². The first-order valence-corrected chi connectivity index (χ1v) is 11.9. The molecule has 0 unspecified atom stereocenters. The number of ether oxygens (including phenoxy) is 1. The van der Waals surface area contributed by atoms with Gasteiger partial charge < -0.3 is 9.30 Å². The average Bonchev–Trinajstić information content (AvgIpc) is 3.35. The highest BCUT2D eigenvalue weighted by Gasteiger charge is 2.18. The number of aromatic nitrogens is 3. The number of nitrogens with one attached hydrogen (secondary N) is 1. The number of hydrogen-bond acceptors (Lipinski definition) is 5. The fraction of sp³-hybridized carbons (Fsp3) is 0.167. The number of hydrogen-bond donors (Lipinski definition) is 1. The minimum absolute atomic E-state index is 0.289. The molecule has 1 N–H and O–H groups in total. The molecule has 162 valence electrons. The van der Waals surface area contributed by atoms with Crippen molar-refractivity contribution in [2.45, 2.75) is 30.6 Å². The normalized spacial score (nSPS) is 13.4. The first kappa shape index (κ1) is 20.3. The summed E-state index contributed by atoms with van der Waals surface area (Å²) < 4.78 is 36.0. The van der Waals surface area contributed by atoms with Crippen molar-refractivity contribution in [2.24, 2.45) is 0 Å². The molecule has 0 aliphatic heterocycles. The molecule has 7 nitrogen and oxygen atoms in total. The van der Waals surface area contributed by atoms with Gasteiger partial charge >= 0.3 is 0 Å². The summed E-state index contributed by atoms with van der Waals surface area (Å²) in [5.74, 6) is 1.62. The van der Waals surface area contributed by atoms with Crippen LogP contribution in [0.3, 0.4) is 0 Å². The number of anilines is 1. The summed E-state index contributed by atoms with van der Waals surface area (Å²) in [5, 5.41) is 0. The van der Waals surface area contributed by atoms with Gasteiger partial charge in [0.25, 0.3) is 10.0 Å². The van der Waals surface area contributed by atoms with E-state index in [0.717, 1.165) is 31.2 Å². The van der Waals surface area contributed by atoms with Crippen LogP contribution in [0.4, 0.5) is 5.69 Å². The van der Waals surface area contributed by atoms with E-state index in [0.29, 0.717) is 23.1 Å². The topological polar surface area (TPSA) is 86.1 Å². The second-order valence-corrected chi connectivity index (χ2v) is 9.36. The van der Waals surface area contributed by atoms with Crippen molar-refractivity contribution in [2.75, 3.05) is 4.72 Å². The Hall–Kier alpha value is -3.65. The molecule has 0 spiro atoms. The van der Waals surface area contributed by atoms with E-state index in [-0.39, 0.29) is 4.90 Å². The lowest BCUT2D eigenvalue weighted by Crippen LogP contribution is -2.14. The molecular weight excluding hydrogens is 424 g/mol. The Balaban J connectivity index is 1.29. The fourth-order valence-electron chi connectivity index (χ4n) is 3.82. The van der Waals surface area contributed by atoms with Crippen LogP contribution in [0.2, 0.25) is 0 Å². The molecule has 2 aromatic carbocycles. The quantitative estimate of drug-likeness (QED) is 0.462. The van der Waals surface area contributed by atoms with Crippen LogP contribution in [0.5, 0.6) is 11.6 Å². The number of nitrogens with zero attached hydrogens (tertiary/aromatic N) is 3. The summed E-state index contributed by atoms with van der Waals surface area (Å²) >= 11 is 0. The molecule has 0 fully saturated rings. The third-order valence-electron chi connectivity index (χ3n) is 5.46. The maximum atomic E-state index is 12.9. The summed E-state index contributed by atoms with van der Waals surface area (Å²) in [6, 6.07) is 17.7. The monoisotopic (exact) mass is 446 g/mol. The number of fused-ring (bicyclic) bond motifs is 1. The van der Waals surface area contributed by atoms with Gasteiger partial charge in [-0.15, -0.1) is 0 Å². The van der Waals surface area contributed by atoms with Gasteiger partial charge in [0.05, 0.1) is 4.90 Å². The Labute approximate surface area is 186 Å². The van der Waals surface area contributed by atoms with Crippen molar-refractivity contribution in [1.29, 1.82) is 0 Å². The van der Waals surface area contributed by atoms with Crippen LogP contribution in [0, 0.1) is 0 Å². The summed E-state index contributed by atoms with van der Waals surface area (Å²) in [6.45, 7) is 0. The summed E-state index contributed by atoms with van der Waals surface area (Å²) in [7, 11) is -3.66. The van der Waals surface area contributed by atoms with Crippen molar-refractivity contribution >= 4 is 15.7 Å². The number of aryl methyl sites for hydroxylation is 2. The van der Waals surface area contributed by atoms with Gasteiger partial charge in [-0.2, -0.15) is 0 Å². The fourth-order valence-corrected chi connectivity index (χ4v) is 4.93. The third-order valence-corrected chi connectivity index (χ3v) is 6.83. The van der Waals surface area contributed by atoms with E-state index in [1.807, 2.05) is 35.2 Å². The molecule has 1 aliphatic carbocycles. The third kappa shape index (κ3) is 4.36. The average molecular weight is 447 g/mol. The molecular formula is C24H22N4O3S. The van der Waals surface area contributed by atoms with E-state index in [4.69, 9.17) is 4.74 Å². The lowest BCUT2D eigenvalue weighted by molar-refractivity contribution is 0.461. The molecule has 0 saturated heterocycles. The zero-order valence-corrected chi connectivity index (χ0v) is 18.1. The highest BCUT2D eigenvalue weighted by Crippen LogP contribution is 2.27. The number of benzene rings is 2. The van der Waals surface area contributed by atoms with Gasteiger partial charge in [-0.3, -0.25) is 4.72 Å². The van der Waals surface area contributed by atoms with Crippen LogP contribution in [0.25, 0.3) is 5.82 Å². The lowest BCUT2D eigenvalue weighted by Gasteiger charge is -2.17. The van der Waals surface area contributed by atoms with E-state index in [1.54, 1.807) is 42.5 Å². The molecule has 2 heterocycles. The van der Waals surface area contributed by atoms with E-state index < -0.39 is 10.0 Å². The van der Waals surface area contributed by atoms with Crippen molar-refractivity contribution in [3.8, 4) is 17.4 Å². The van der Waals surface area contributed by atoms with Gasteiger partial charge in [-0.1, -0.05) is 6.07 Å². The minimum Gasteiger partial charge on any atom is -0.439 e. The van der Waals surface area contributed by atoms with Gasteiger partial charge in [0.1, 0.15) is 17.9 Å². The Bertz CT molecular complexity index is 1330. The predicted molar refractivity (Wildman–Crippen MR) is 122 cm³/mol. The van der Waals surface area contributed by atoms with Crippen molar-refractivity contribution in [3.05, 3.63) is 90.5 Å². The predicted octanol–water partition coefficient (Wildman–Crippen LogP) is 4.74. The zero-order chi connectivity index (χ0) is 22.0. The van der Waals surface area contributed by atoms with Gasteiger partial charge in [-0.05, 0) is 85.3 Å². The first-order chi connectivity index (χ1) is 15.6. The molecule has 0 saturated carbocycles. The highest BCUT2D eigenvalue weighted by atomic mass is 32.2. The molecule has 0 atom stereocenters. The van der Waals surface area contributed by atoms with Gasteiger partial charge in [0, 0.05) is 24.1 Å². The van der Waals surface area contributed by atoms with Gasteiger partial charge in [-0.25, -0.2) is 18.4 Å². The summed E-state index contributed by atoms with van der Waals surface area (Å²) in [4.78, 5) is 8.66. The summed E-state index contributed by atoms with van der Waals surface area (Å²) in [5.41, 5.74) is 2.85. The molecule has 8 heteroatoms. The summed E-state index contributed by atoms with van der Waals surface area (Å²) in [6.07, 6.45) is 9.42. The van der Waals surface area contributed by atoms with Crippen molar-refractivity contribution < 1.29 is 13.2 Å². The molecule has 2 aromatic heterocycles. The van der Waals surface area contributed by atoms with Gasteiger partial charge in [0.15, 0.2) is 0 Å². The molecule has 0 bridgehead atoms. The highest BCUT2D eigenvalue weighted by molar-refractivity contribution is 7.92.